The quantitative estimate of drug-likeness (QED) is 0.232. The molecule has 1 aromatic rings. The lowest BCUT2D eigenvalue weighted by Crippen LogP contribution is -2.25. The van der Waals surface area contributed by atoms with Crippen molar-refractivity contribution >= 4 is 16.9 Å². The van der Waals surface area contributed by atoms with Crippen LogP contribution < -0.4 is 0 Å². The molecule has 26 heavy (non-hydrogen) atoms. The maximum Gasteiger partial charge on any atom is 0.198 e. The van der Waals surface area contributed by atoms with Gasteiger partial charge >= 0.3 is 0 Å². The standard InChI is InChI=1S/C24H38OS/c1-4-6-7-8-9-10-11-12-13-17-20-26-23(25)24(3,5-2)21-22-18-15-14-16-19-22/h5,14-16,18-19H,2,4,6-13,17,20-21H2,1,3H3. The van der Waals surface area contributed by atoms with E-state index in [0.29, 0.717) is 0 Å². The second-order valence-electron chi connectivity index (χ2n) is 7.60. The van der Waals surface area contributed by atoms with Gasteiger partial charge in [-0.15, -0.1) is 6.58 Å². The third-order valence-electron chi connectivity index (χ3n) is 5.06. The lowest BCUT2D eigenvalue weighted by molar-refractivity contribution is -0.116. The molecule has 0 N–H and O–H groups in total. The largest absolute Gasteiger partial charge is 0.286 e. The van der Waals surface area contributed by atoms with Crippen molar-refractivity contribution in [1.82, 2.24) is 0 Å². The predicted octanol–water partition coefficient (Wildman–Crippen LogP) is 7.60. The van der Waals surface area contributed by atoms with Crippen LogP contribution in [0.25, 0.3) is 0 Å². The zero-order valence-corrected chi connectivity index (χ0v) is 17.8. The number of hydrogen-bond acceptors (Lipinski definition) is 2. The summed E-state index contributed by atoms with van der Waals surface area (Å²) in [4.78, 5) is 12.7. The zero-order chi connectivity index (χ0) is 19.1. The molecule has 2 heteroatoms. The summed E-state index contributed by atoms with van der Waals surface area (Å²) in [5.74, 6) is 0.938. The van der Waals surface area contributed by atoms with Gasteiger partial charge in [-0.3, -0.25) is 4.79 Å². The first kappa shape index (κ1) is 23.0. The van der Waals surface area contributed by atoms with Crippen LogP contribution in [-0.2, 0) is 11.2 Å². The summed E-state index contributed by atoms with van der Waals surface area (Å²) in [5.41, 5.74) is 0.729. The molecule has 1 aromatic carbocycles. The van der Waals surface area contributed by atoms with Gasteiger partial charge < -0.3 is 0 Å². The van der Waals surface area contributed by atoms with Crippen molar-refractivity contribution in [2.24, 2.45) is 5.41 Å². The Balaban J connectivity index is 2.13. The van der Waals surface area contributed by atoms with Crippen LogP contribution in [0.5, 0.6) is 0 Å². The number of thioether (sulfide) groups is 1. The molecule has 0 saturated heterocycles. The van der Waals surface area contributed by atoms with Crippen LogP contribution in [0, 0.1) is 5.41 Å². The second kappa shape index (κ2) is 14.1. The van der Waals surface area contributed by atoms with Gasteiger partial charge in [0.25, 0.3) is 0 Å². The Morgan fingerprint density at radius 3 is 2.04 bits per heavy atom. The molecule has 0 amide bonds. The highest BCUT2D eigenvalue weighted by Gasteiger charge is 2.29. The first-order valence-corrected chi connectivity index (χ1v) is 11.5. The average molecular weight is 375 g/mol. The highest BCUT2D eigenvalue weighted by Crippen LogP contribution is 2.30. The van der Waals surface area contributed by atoms with E-state index in [-0.39, 0.29) is 5.12 Å². The van der Waals surface area contributed by atoms with Crippen LogP contribution >= 0.6 is 11.8 Å². The van der Waals surface area contributed by atoms with Crippen molar-refractivity contribution < 1.29 is 4.79 Å². The van der Waals surface area contributed by atoms with Gasteiger partial charge in [0, 0.05) is 5.75 Å². The molecule has 0 aliphatic rings. The minimum Gasteiger partial charge on any atom is -0.286 e. The number of benzene rings is 1. The van der Waals surface area contributed by atoms with Gasteiger partial charge in [0.2, 0.25) is 0 Å². The summed E-state index contributed by atoms with van der Waals surface area (Å²) < 4.78 is 0. The van der Waals surface area contributed by atoms with E-state index in [4.69, 9.17) is 0 Å². The number of unbranched alkanes of at least 4 members (excludes halogenated alkanes) is 9. The van der Waals surface area contributed by atoms with Crippen LogP contribution in [0.15, 0.2) is 43.0 Å². The summed E-state index contributed by atoms with van der Waals surface area (Å²) in [6.45, 7) is 8.20. The monoisotopic (exact) mass is 374 g/mol. The van der Waals surface area contributed by atoms with Gasteiger partial charge in [-0.25, -0.2) is 0 Å². The first-order valence-electron chi connectivity index (χ1n) is 10.5. The third-order valence-corrected chi connectivity index (χ3v) is 6.28. The fourth-order valence-corrected chi connectivity index (χ4v) is 4.19. The zero-order valence-electron chi connectivity index (χ0n) is 17.0. The van der Waals surface area contributed by atoms with E-state index in [0.717, 1.165) is 18.6 Å². The van der Waals surface area contributed by atoms with Crippen molar-refractivity contribution in [3.05, 3.63) is 48.6 Å². The molecular weight excluding hydrogens is 336 g/mol. The highest BCUT2D eigenvalue weighted by molar-refractivity contribution is 8.13. The smallest absolute Gasteiger partial charge is 0.198 e. The summed E-state index contributed by atoms with van der Waals surface area (Å²) in [7, 11) is 0. The Morgan fingerprint density at radius 2 is 1.50 bits per heavy atom. The van der Waals surface area contributed by atoms with Crippen molar-refractivity contribution in [1.29, 1.82) is 0 Å². The molecule has 0 spiro atoms. The van der Waals surface area contributed by atoms with Gasteiger partial charge in [-0.1, -0.05) is 113 Å². The topological polar surface area (TPSA) is 17.1 Å². The van der Waals surface area contributed by atoms with Gasteiger partial charge in [0.15, 0.2) is 5.12 Å². The molecule has 1 rings (SSSR count). The maximum absolute atomic E-state index is 12.7. The van der Waals surface area contributed by atoms with Gasteiger partial charge in [0.05, 0.1) is 5.41 Å². The van der Waals surface area contributed by atoms with Crippen molar-refractivity contribution in [3.63, 3.8) is 0 Å². The molecular formula is C24H38OS. The number of rotatable bonds is 15. The Morgan fingerprint density at radius 1 is 0.962 bits per heavy atom. The molecule has 0 fully saturated rings. The molecule has 1 unspecified atom stereocenters. The molecule has 0 aliphatic carbocycles. The molecule has 0 heterocycles. The molecule has 0 saturated carbocycles. The lowest BCUT2D eigenvalue weighted by atomic mass is 9.85. The van der Waals surface area contributed by atoms with E-state index in [9.17, 15) is 4.79 Å². The van der Waals surface area contributed by atoms with E-state index in [1.807, 2.05) is 31.2 Å². The molecule has 0 aliphatic heterocycles. The van der Waals surface area contributed by atoms with Crippen molar-refractivity contribution in [2.75, 3.05) is 5.75 Å². The predicted molar refractivity (Wildman–Crippen MR) is 118 cm³/mol. The summed E-state index contributed by atoms with van der Waals surface area (Å²) in [6, 6.07) is 10.2. The van der Waals surface area contributed by atoms with Gasteiger partial charge in [-0.2, -0.15) is 0 Å². The highest BCUT2D eigenvalue weighted by atomic mass is 32.2. The normalized spacial score (nSPS) is 13.3. The van der Waals surface area contributed by atoms with Gasteiger partial charge in [-0.05, 0) is 25.3 Å². The van der Waals surface area contributed by atoms with E-state index in [2.05, 4.69) is 25.6 Å². The lowest BCUT2D eigenvalue weighted by Gasteiger charge is -2.23. The Bertz CT molecular complexity index is 496. The average Bonchev–Trinajstić information content (AvgIpc) is 2.66. The van der Waals surface area contributed by atoms with Crippen LogP contribution in [0.3, 0.4) is 0 Å². The molecule has 1 atom stereocenters. The first-order chi connectivity index (χ1) is 12.6. The summed E-state index contributed by atoms with van der Waals surface area (Å²) in [6.07, 6.45) is 15.9. The van der Waals surface area contributed by atoms with E-state index >= 15 is 0 Å². The second-order valence-corrected chi connectivity index (χ2v) is 8.67. The third kappa shape index (κ3) is 9.62. The van der Waals surface area contributed by atoms with Crippen LogP contribution in [-0.4, -0.2) is 10.9 Å². The van der Waals surface area contributed by atoms with Crippen LogP contribution in [0.2, 0.25) is 0 Å². The van der Waals surface area contributed by atoms with Crippen LogP contribution in [0.1, 0.15) is 83.6 Å². The van der Waals surface area contributed by atoms with E-state index in [1.54, 1.807) is 0 Å². The SMILES string of the molecule is C=CC(C)(Cc1ccccc1)C(=O)SCCCCCCCCCCCC. The number of carbonyl (C=O) groups is 1. The summed E-state index contributed by atoms with van der Waals surface area (Å²) in [5, 5.41) is 0.257. The maximum atomic E-state index is 12.7. The molecule has 1 nitrogen and oxygen atoms in total. The Labute approximate surface area is 166 Å². The number of allylic oxidation sites excluding steroid dienone is 1. The number of carbonyl (C=O) groups excluding carboxylic acids is 1. The van der Waals surface area contributed by atoms with Crippen LogP contribution in [0.4, 0.5) is 0 Å². The van der Waals surface area contributed by atoms with Crippen molar-refractivity contribution in [3.8, 4) is 0 Å². The van der Waals surface area contributed by atoms with Gasteiger partial charge in [0.1, 0.15) is 0 Å². The molecule has 146 valence electrons. The van der Waals surface area contributed by atoms with Crippen molar-refractivity contribution in [2.45, 2.75) is 84.5 Å². The molecule has 0 bridgehead atoms. The minimum absolute atomic E-state index is 0.257. The fourth-order valence-electron chi connectivity index (χ4n) is 3.17. The summed E-state index contributed by atoms with van der Waals surface area (Å²) >= 11 is 1.49. The van der Waals surface area contributed by atoms with E-state index < -0.39 is 5.41 Å². The Kier molecular flexibility index (Phi) is 12.5. The number of hydrogen-bond donors (Lipinski definition) is 0. The molecule has 0 aromatic heterocycles. The Hall–Kier alpha value is -1.02. The van der Waals surface area contributed by atoms with E-state index in [1.165, 1.54) is 75.1 Å². The fraction of sp³-hybridized carbons (Fsp3) is 0.625. The molecule has 0 radical (unpaired) electrons. The minimum atomic E-state index is -0.468.